The van der Waals surface area contributed by atoms with Gasteiger partial charge in [0, 0.05) is 12.8 Å². The van der Waals surface area contributed by atoms with Crippen LogP contribution >= 0.6 is 0 Å². The lowest BCUT2D eigenvalue weighted by Gasteiger charge is -2.32. The average Bonchev–Trinajstić information content (AvgIpc) is 2.81. The van der Waals surface area contributed by atoms with Crippen molar-refractivity contribution in [2.24, 2.45) is 0 Å². The highest BCUT2D eigenvalue weighted by molar-refractivity contribution is 5.82. The summed E-state index contributed by atoms with van der Waals surface area (Å²) < 4.78 is 6.45. The zero-order chi connectivity index (χ0) is 24.6. The molecule has 0 fully saturated rings. The summed E-state index contributed by atoms with van der Waals surface area (Å²) in [5.41, 5.74) is 2.59. The van der Waals surface area contributed by atoms with Crippen LogP contribution in [0.3, 0.4) is 0 Å². The minimum absolute atomic E-state index is 0.0882. The van der Waals surface area contributed by atoms with E-state index in [2.05, 4.69) is 50.5 Å². The number of ether oxygens (including phenoxy) is 1. The lowest BCUT2D eigenvalue weighted by atomic mass is 10.0. The summed E-state index contributed by atoms with van der Waals surface area (Å²) in [6.45, 7) is 1.48. The van der Waals surface area contributed by atoms with Crippen molar-refractivity contribution >= 4 is 16.7 Å². The molecule has 0 spiro atoms. The van der Waals surface area contributed by atoms with Crippen molar-refractivity contribution in [3.8, 4) is 11.8 Å². The summed E-state index contributed by atoms with van der Waals surface area (Å²) in [4.78, 5) is 10.7. The van der Waals surface area contributed by atoms with E-state index < -0.39 is 12.1 Å². The second kappa shape index (κ2) is 11.6. The monoisotopic (exact) mass is 461 g/mol. The number of hydrogen-bond donors (Lipinski definition) is 2. The number of carboxylic acids is 1. The van der Waals surface area contributed by atoms with Gasteiger partial charge in [0.05, 0.1) is 26.2 Å². The van der Waals surface area contributed by atoms with E-state index in [-0.39, 0.29) is 13.0 Å². The van der Waals surface area contributed by atoms with E-state index in [1.807, 2.05) is 18.2 Å². The van der Waals surface area contributed by atoms with Crippen LogP contribution in [0.15, 0.2) is 60.7 Å². The standard InChI is InChI=1S/C28H32N2O4/c1-30(2,15-14-22-10-12-23-7-3-4-8-24(23)16-22)19-26(31)20-34-27-17-21(6-5-9-28(32)33)11-13-25(27)18-29/h3-4,7-8,10-13,16-17,26,31H,5-6,9,14-15,19-20H2,1-2H3/p+1/t26-/m1/s1. The lowest BCUT2D eigenvalue weighted by molar-refractivity contribution is -0.893. The maximum absolute atomic E-state index is 10.7. The molecule has 34 heavy (non-hydrogen) atoms. The number of likely N-dealkylation sites (N-methyl/N-ethyl adjacent to an activating group) is 1. The van der Waals surface area contributed by atoms with Gasteiger partial charge in [-0.05, 0) is 46.9 Å². The predicted octanol–water partition coefficient (Wildman–Crippen LogP) is 4.18. The van der Waals surface area contributed by atoms with Crippen LogP contribution < -0.4 is 4.74 Å². The highest BCUT2D eigenvalue weighted by Gasteiger charge is 2.21. The molecule has 3 rings (SSSR count). The van der Waals surface area contributed by atoms with E-state index in [0.717, 1.165) is 18.5 Å². The lowest BCUT2D eigenvalue weighted by Crippen LogP contribution is -2.48. The number of aliphatic hydroxyl groups excluding tert-OH is 1. The average molecular weight is 462 g/mol. The van der Waals surface area contributed by atoms with Crippen LogP contribution in [0.2, 0.25) is 0 Å². The highest BCUT2D eigenvalue weighted by atomic mass is 16.5. The molecule has 0 aromatic heterocycles. The first-order chi connectivity index (χ1) is 16.3. The number of nitrogens with zero attached hydrogens (tertiary/aromatic N) is 2. The third-order valence-electron chi connectivity index (χ3n) is 5.98. The number of hydrogen-bond acceptors (Lipinski definition) is 4. The number of rotatable bonds is 12. The fraction of sp³-hybridized carbons (Fsp3) is 0.357. The van der Waals surface area contributed by atoms with Gasteiger partial charge in [-0.25, -0.2) is 0 Å². The molecule has 3 aromatic carbocycles. The molecule has 0 bridgehead atoms. The van der Waals surface area contributed by atoms with Gasteiger partial charge in [-0.15, -0.1) is 0 Å². The van der Waals surface area contributed by atoms with Crippen molar-refractivity contribution in [3.63, 3.8) is 0 Å². The minimum atomic E-state index is -0.824. The van der Waals surface area contributed by atoms with Crippen LogP contribution in [0.5, 0.6) is 5.75 Å². The van der Waals surface area contributed by atoms with Crippen LogP contribution in [-0.4, -0.2) is 60.6 Å². The van der Waals surface area contributed by atoms with Gasteiger partial charge in [-0.3, -0.25) is 4.79 Å². The molecule has 0 heterocycles. The summed E-state index contributed by atoms with van der Waals surface area (Å²) in [5, 5.41) is 31.3. The van der Waals surface area contributed by atoms with Gasteiger partial charge in [-0.1, -0.05) is 48.5 Å². The van der Waals surface area contributed by atoms with E-state index in [9.17, 15) is 15.2 Å². The van der Waals surface area contributed by atoms with Gasteiger partial charge >= 0.3 is 5.97 Å². The summed E-state index contributed by atoms with van der Waals surface area (Å²) in [7, 11) is 4.18. The number of aliphatic hydroxyl groups is 1. The maximum Gasteiger partial charge on any atom is 0.303 e. The molecule has 0 amide bonds. The summed E-state index contributed by atoms with van der Waals surface area (Å²) in [6, 6.07) is 22.2. The van der Waals surface area contributed by atoms with E-state index in [4.69, 9.17) is 9.84 Å². The largest absolute Gasteiger partial charge is 0.489 e. The number of aryl methyl sites for hydroxylation is 1. The van der Waals surface area contributed by atoms with Gasteiger partial charge in [0.1, 0.15) is 31.1 Å². The zero-order valence-corrected chi connectivity index (χ0v) is 19.9. The molecule has 0 aliphatic carbocycles. The third kappa shape index (κ3) is 7.58. The first kappa shape index (κ1) is 25.2. The Labute approximate surface area is 201 Å². The highest BCUT2D eigenvalue weighted by Crippen LogP contribution is 2.22. The van der Waals surface area contributed by atoms with Crippen LogP contribution in [0.4, 0.5) is 0 Å². The van der Waals surface area contributed by atoms with Crippen molar-refractivity contribution in [2.75, 3.05) is 33.8 Å². The van der Waals surface area contributed by atoms with E-state index >= 15 is 0 Å². The summed E-state index contributed by atoms with van der Waals surface area (Å²) >= 11 is 0. The Morgan fingerprint density at radius 3 is 2.47 bits per heavy atom. The van der Waals surface area contributed by atoms with Gasteiger partial charge in [-0.2, -0.15) is 5.26 Å². The molecule has 0 aliphatic rings. The summed E-state index contributed by atoms with van der Waals surface area (Å²) in [5.74, 6) is -0.398. The SMILES string of the molecule is C[N+](C)(CCc1ccc2ccccc2c1)C[C@@H](O)COc1cc(CCCC(=O)O)ccc1C#N. The fourth-order valence-electron chi connectivity index (χ4n) is 4.10. The molecule has 6 nitrogen and oxygen atoms in total. The number of aliphatic carboxylic acids is 1. The first-order valence-corrected chi connectivity index (χ1v) is 11.6. The Bertz CT molecular complexity index is 1170. The molecule has 0 saturated heterocycles. The van der Waals surface area contributed by atoms with Gasteiger partial charge in [0.2, 0.25) is 0 Å². The molecule has 1 atom stereocenters. The second-order valence-electron chi connectivity index (χ2n) is 9.43. The minimum Gasteiger partial charge on any atom is -0.489 e. The Hall–Kier alpha value is -3.40. The zero-order valence-electron chi connectivity index (χ0n) is 19.9. The normalized spacial score (nSPS) is 12.3. The number of nitriles is 1. The molecular weight excluding hydrogens is 428 g/mol. The van der Waals surface area contributed by atoms with E-state index in [0.29, 0.717) is 35.2 Å². The molecule has 2 N–H and O–H groups in total. The second-order valence-corrected chi connectivity index (χ2v) is 9.43. The van der Waals surface area contributed by atoms with Gasteiger partial charge in [0.25, 0.3) is 0 Å². The molecule has 6 heteroatoms. The quantitative estimate of drug-likeness (QED) is 0.395. The molecule has 0 radical (unpaired) electrons. The topological polar surface area (TPSA) is 90.6 Å². The van der Waals surface area contributed by atoms with E-state index in [1.165, 1.54) is 16.3 Å². The number of carbonyl (C=O) groups is 1. The molecule has 3 aromatic rings. The Kier molecular flexibility index (Phi) is 8.64. The Morgan fingerprint density at radius 1 is 1.03 bits per heavy atom. The number of fused-ring (bicyclic) bond motifs is 1. The van der Waals surface area contributed by atoms with Crippen LogP contribution in [0.25, 0.3) is 10.8 Å². The van der Waals surface area contributed by atoms with Crippen molar-refractivity contribution < 1.29 is 24.2 Å². The molecule has 0 aliphatic heterocycles. The number of quaternary nitrogens is 1. The van der Waals surface area contributed by atoms with Crippen LogP contribution in [0, 0.1) is 11.3 Å². The van der Waals surface area contributed by atoms with Gasteiger partial charge in [0.15, 0.2) is 0 Å². The van der Waals surface area contributed by atoms with Crippen LogP contribution in [-0.2, 0) is 17.6 Å². The third-order valence-corrected chi connectivity index (χ3v) is 5.98. The number of carboxylic acid groups (broad SMARTS) is 1. The van der Waals surface area contributed by atoms with Crippen LogP contribution in [0.1, 0.15) is 29.5 Å². The van der Waals surface area contributed by atoms with Crippen molar-refractivity contribution in [3.05, 3.63) is 77.4 Å². The number of benzene rings is 3. The molecule has 0 unspecified atom stereocenters. The maximum atomic E-state index is 10.7. The van der Waals surface area contributed by atoms with Crippen molar-refractivity contribution in [1.29, 1.82) is 5.26 Å². The smallest absolute Gasteiger partial charge is 0.303 e. The molecule has 178 valence electrons. The Balaban J connectivity index is 1.53. The fourth-order valence-corrected chi connectivity index (χ4v) is 4.10. The van der Waals surface area contributed by atoms with Gasteiger partial charge < -0.3 is 19.4 Å². The molecular formula is C28H33N2O4+. The summed E-state index contributed by atoms with van der Waals surface area (Å²) in [6.07, 6.45) is 1.43. The Morgan fingerprint density at radius 2 is 1.74 bits per heavy atom. The van der Waals surface area contributed by atoms with E-state index in [1.54, 1.807) is 12.1 Å². The van der Waals surface area contributed by atoms with Crippen molar-refractivity contribution in [1.82, 2.24) is 0 Å². The predicted molar refractivity (Wildman–Crippen MR) is 133 cm³/mol. The van der Waals surface area contributed by atoms with Crippen molar-refractivity contribution in [2.45, 2.75) is 31.8 Å². The first-order valence-electron chi connectivity index (χ1n) is 11.6. The molecule has 0 saturated carbocycles.